The second-order valence-electron chi connectivity index (χ2n) is 24.6. The van der Waals surface area contributed by atoms with Crippen LogP contribution >= 0.6 is 0 Å². The lowest BCUT2D eigenvalue weighted by molar-refractivity contribution is -0.303. The molecule has 1 heterocycles. The van der Waals surface area contributed by atoms with E-state index in [1.807, 2.05) is 0 Å². The van der Waals surface area contributed by atoms with E-state index in [0.29, 0.717) is 19.3 Å². The lowest BCUT2D eigenvalue weighted by atomic mass is 9.98. The Bertz CT molecular complexity index is 1410. The highest BCUT2D eigenvalue weighted by atomic mass is 16.7. The van der Waals surface area contributed by atoms with Gasteiger partial charge >= 0.3 is 0 Å². The fraction of sp³-hybridized carbons (Fsp3) is 0.900. The van der Waals surface area contributed by atoms with Gasteiger partial charge in [-0.05, 0) is 77.0 Å². The van der Waals surface area contributed by atoms with Crippen LogP contribution in [0.1, 0.15) is 335 Å². The molecule has 0 aromatic heterocycles. The maximum atomic E-state index is 13.2. The number of aliphatic hydroxyl groups is 7. The van der Waals surface area contributed by atoms with Crippen molar-refractivity contribution in [3.8, 4) is 0 Å². The van der Waals surface area contributed by atoms with Crippen LogP contribution in [0.4, 0.5) is 0 Å². The summed E-state index contributed by atoms with van der Waals surface area (Å²) >= 11 is 0. The van der Waals surface area contributed by atoms with Crippen LogP contribution in [-0.4, -0.2) is 110 Å². The predicted molar refractivity (Wildman–Crippen MR) is 339 cm³/mol. The van der Waals surface area contributed by atoms with Gasteiger partial charge in [0.1, 0.15) is 36.6 Å². The lowest BCUT2D eigenvalue weighted by Gasteiger charge is -2.40. The fourth-order valence-corrected chi connectivity index (χ4v) is 11.3. The van der Waals surface area contributed by atoms with Gasteiger partial charge in [0.05, 0.1) is 25.4 Å². The number of nitrogens with one attached hydrogen (secondary N) is 1. The molecule has 1 saturated heterocycles. The van der Waals surface area contributed by atoms with Crippen molar-refractivity contribution in [2.45, 2.75) is 390 Å². The van der Waals surface area contributed by atoms with Crippen molar-refractivity contribution >= 4 is 5.91 Å². The Morgan fingerprint density at radius 1 is 0.420 bits per heavy atom. The van der Waals surface area contributed by atoms with Gasteiger partial charge in [0.15, 0.2) is 6.29 Å². The SMILES string of the molecule is CCCCCCCCCCCCCC/C=C\CCCCCCCCCCCCCCCCCCC(O)C(=O)NC(COC1OC(CO)C(O)C(O)C1O)C(O)C(O)CCC/C=C/CC/C=C/CCCCCCCCCCCCCCC. The van der Waals surface area contributed by atoms with E-state index in [0.717, 1.165) is 38.5 Å². The summed E-state index contributed by atoms with van der Waals surface area (Å²) in [7, 11) is 0. The minimum absolute atomic E-state index is 0.248. The highest BCUT2D eigenvalue weighted by Crippen LogP contribution is 2.24. The first-order valence-corrected chi connectivity index (χ1v) is 34.9. The molecular formula is C70H133NO10. The predicted octanol–water partition coefficient (Wildman–Crippen LogP) is 16.6. The largest absolute Gasteiger partial charge is 0.394 e. The number of aliphatic hydroxyl groups excluding tert-OH is 7. The van der Waals surface area contributed by atoms with Crippen molar-refractivity contribution in [1.29, 1.82) is 0 Å². The monoisotopic (exact) mass is 1150 g/mol. The minimum Gasteiger partial charge on any atom is -0.394 e. The van der Waals surface area contributed by atoms with E-state index in [1.165, 1.54) is 250 Å². The molecule has 11 nitrogen and oxygen atoms in total. The Morgan fingerprint density at radius 3 is 1.10 bits per heavy atom. The molecule has 478 valence electrons. The second kappa shape index (κ2) is 58.7. The van der Waals surface area contributed by atoms with Crippen molar-refractivity contribution < 1.29 is 50.0 Å². The first-order chi connectivity index (χ1) is 39.7. The van der Waals surface area contributed by atoms with Crippen molar-refractivity contribution in [3.05, 3.63) is 36.5 Å². The summed E-state index contributed by atoms with van der Waals surface area (Å²) < 4.78 is 11.2. The molecule has 0 aromatic carbocycles. The average Bonchev–Trinajstić information content (AvgIpc) is 3.51. The van der Waals surface area contributed by atoms with Gasteiger partial charge in [-0.3, -0.25) is 4.79 Å². The highest BCUT2D eigenvalue weighted by molar-refractivity contribution is 5.80. The van der Waals surface area contributed by atoms with Gasteiger partial charge in [-0.25, -0.2) is 0 Å². The van der Waals surface area contributed by atoms with Crippen LogP contribution in [-0.2, 0) is 14.3 Å². The number of carbonyl (C=O) groups is 1. The molecule has 0 saturated carbocycles. The van der Waals surface area contributed by atoms with Crippen molar-refractivity contribution in [1.82, 2.24) is 5.32 Å². The first-order valence-electron chi connectivity index (χ1n) is 34.9. The molecule has 9 atom stereocenters. The van der Waals surface area contributed by atoms with E-state index in [-0.39, 0.29) is 12.8 Å². The molecule has 0 aliphatic carbocycles. The number of amides is 1. The zero-order chi connectivity index (χ0) is 58.9. The van der Waals surface area contributed by atoms with Gasteiger partial charge in [-0.2, -0.15) is 0 Å². The van der Waals surface area contributed by atoms with Crippen LogP contribution in [0.3, 0.4) is 0 Å². The molecular weight excluding hydrogens is 1010 g/mol. The van der Waals surface area contributed by atoms with Gasteiger partial charge < -0.3 is 50.5 Å². The lowest BCUT2D eigenvalue weighted by Crippen LogP contribution is -2.60. The number of hydrogen-bond donors (Lipinski definition) is 8. The highest BCUT2D eigenvalue weighted by Gasteiger charge is 2.44. The summed E-state index contributed by atoms with van der Waals surface area (Å²) in [6.07, 6.45) is 63.8. The van der Waals surface area contributed by atoms with E-state index in [2.05, 4.69) is 55.6 Å². The molecule has 8 N–H and O–H groups in total. The Morgan fingerprint density at radius 2 is 0.741 bits per heavy atom. The van der Waals surface area contributed by atoms with Gasteiger partial charge in [-0.15, -0.1) is 0 Å². The molecule has 0 aromatic rings. The third kappa shape index (κ3) is 46.3. The summed E-state index contributed by atoms with van der Waals surface area (Å²) in [5.74, 6) is -0.705. The summed E-state index contributed by atoms with van der Waals surface area (Å²) in [6.45, 7) is 3.49. The summed E-state index contributed by atoms with van der Waals surface area (Å²) in [5, 5.41) is 76.4. The smallest absolute Gasteiger partial charge is 0.249 e. The minimum atomic E-state index is -1.67. The van der Waals surface area contributed by atoms with E-state index in [1.54, 1.807) is 0 Å². The molecule has 1 aliphatic rings. The van der Waals surface area contributed by atoms with Gasteiger partial charge in [0, 0.05) is 0 Å². The van der Waals surface area contributed by atoms with E-state index in [4.69, 9.17) is 9.47 Å². The molecule has 1 fully saturated rings. The van der Waals surface area contributed by atoms with Crippen molar-refractivity contribution in [2.24, 2.45) is 0 Å². The van der Waals surface area contributed by atoms with E-state index in [9.17, 15) is 40.5 Å². The number of rotatable bonds is 61. The van der Waals surface area contributed by atoms with E-state index < -0.39 is 74.2 Å². The molecule has 11 heteroatoms. The van der Waals surface area contributed by atoms with E-state index >= 15 is 0 Å². The number of carbonyl (C=O) groups excluding carboxylic acids is 1. The number of hydrogen-bond acceptors (Lipinski definition) is 10. The number of allylic oxidation sites excluding steroid dienone is 6. The molecule has 81 heavy (non-hydrogen) atoms. The van der Waals surface area contributed by atoms with Crippen LogP contribution in [0.15, 0.2) is 36.5 Å². The van der Waals surface area contributed by atoms with Gasteiger partial charge in [0.2, 0.25) is 5.91 Å². The quantitative estimate of drug-likeness (QED) is 0.0215. The maximum absolute atomic E-state index is 13.2. The number of ether oxygens (including phenoxy) is 2. The van der Waals surface area contributed by atoms with Crippen molar-refractivity contribution in [3.63, 3.8) is 0 Å². The maximum Gasteiger partial charge on any atom is 0.249 e. The van der Waals surface area contributed by atoms with Gasteiger partial charge in [-0.1, -0.05) is 294 Å². The molecule has 0 bridgehead atoms. The third-order valence-electron chi connectivity index (χ3n) is 16.9. The Balaban J connectivity index is 2.21. The summed E-state index contributed by atoms with van der Waals surface area (Å²) in [4.78, 5) is 13.2. The summed E-state index contributed by atoms with van der Waals surface area (Å²) in [6, 6.07) is -1.19. The van der Waals surface area contributed by atoms with Crippen LogP contribution in [0.2, 0.25) is 0 Å². The molecule has 9 unspecified atom stereocenters. The van der Waals surface area contributed by atoms with Crippen molar-refractivity contribution in [2.75, 3.05) is 13.2 Å². The normalized spacial score (nSPS) is 19.3. The van der Waals surface area contributed by atoms with Crippen LogP contribution in [0, 0.1) is 0 Å². The molecule has 1 rings (SSSR count). The van der Waals surface area contributed by atoms with Crippen LogP contribution < -0.4 is 5.32 Å². The average molecular weight is 1150 g/mol. The molecule has 0 radical (unpaired) electrons. The van der Waals surface area contributed by atoms with Crippen LogP contribution in [0.5, 0.6) is 0 Å². The Hall–Kier alpha value is -1.67. The first kappa shape index (κ1) is 77.3. The Kier molecular flexibility index (Phi) is 56.0. The zero-order valence-electron chi connectivity index (χ0n) is 52.8. The number of unbranched alkanes of at least 4 members (excludes halogenated alkanes) is 43. The topological polar surface area (TPSA) is 189 Å². The molecule has 0 spiro atoms. The molecule has 1 amide bonds. The summed E-state index contributed by atoms with van der Waals surface area (Å²) in [5.41, 5.74) is 0. The second-order valence-corrected chi connectivity index (χ2v) is 24.6. The zero-order valence-corrected chi connectivity index (χ0v) is 52.8. The standard InChI is InChI=1S/C70H133NO10/c1-3-5-7-9-11-13-15-17-19-21-23-25-27-28-29-30-31-32-33-34-35-36-38-40-42-44-46-48-50-52-54-56-58-63(74)69(79)71-61(60-80-70-68(78)67(77)66(76)64(59-72)81-70)65(75)62(73)57-55-53-51-49-47-45-43-41-39-37-26-24-22-20-18-16-14-12-10-8-6-4-2/h28-29,41,43,49,51,61-68,70,72-78H,3-27,30-40,42,44-48,50,52-60H2,1-2H3,(H,71,79)/b29-28-,43-41+,51-49+. The van der Waals surface area contributed by atoms with Crippen LogP contribution in [0.25, 0.3) is 0 Å². The third-order valence-corrected chi connectivity index (χ3v) is 16.9. The fourth-order valence-electron chi connectivity index (χ4n) is 11.3. The van der Waals surface area contributed by atoms with Gasteiger partial charge in [0.25, 0.3) is 0 Å². The Labute approximate surface area is 498 Å². The molecule has 1 aliphatic heterocycles.